The zero-order valence-electron chi connectivity index (χ0n) is 14.0. The van der Waals surface area contributed by atoms with Gasteiger partial charge in [0.2, 0.25) is 0 Å². The lowest BCUT2D eigenvalue weighted by Gasteiger charge is -2.01. The van der Waals surface area contributed by atoms with Crippen LogP contribution in [0.2, 0.25) is 0 Å². The lowest BCUT2D eigenvalue weighted by atomic mass is 10.1. The highest BCUT2D eigenvalue weighted by Crippen LogP contribution is 2.37. The smallest absolute Gasteiger partial charge is 0.276 e. The van der Waals surface area contributed by atoms with E-state index in [-0.39, 0.29) is 5.91 Å². The largest absolute Gasteiger partial charge is 0.311 e. The van der Waals surface area contributed by atoms with Crippen molar-refractivity contribution < 1.29 is 4.79 Å². The average molecular weight is 350 g/mol. The van der Waals surface area contributed by atoms with Crippen LogP contribution in [0.25, 0.3) is 5.65 Å². The predicted molar refractivity (Wildman–Crippen MR) is 98.2 cm³/mol. The molecule has 0 atom stereocenters. The summed E-state index contributed by atoms with van der Waals surface area (Å²) >= 11 is 1.54. The van der Waals surface area contributed by atoms with E-state index in [4.69, 9.17) is 0 Å². The number of imidazole rings is 1. The summed E-state index contributed by atoms with van der Waals surface area (Å²) in [6.45, 7) is 1.99. The molecule has 6 heteroatoms. The Morgan fingerprint density at radius 2 is 2.20 bits per heavy atom. The number of aryl methyl sites for hydroxylation is 2. The molecule has 0 spiro atoms. The third-order valence-corrected chi connectivity index (χ3v) is 5.82. The summed E-state index contributed by atoms with van der Waals surface area (Å²) in [5.41, 5.74) is 3.96. The van der Waals surface area contributed by atoms with Gasteiger partial charge in [-0.05, 0) is 55.9 Å². The Morgan fingerprint density at radius 3 is 3.04 bits per heavy atom. The Hall–Kier alpha value is -2.65. The van der Waals surface area contributed by atoms with Gasteiger partial charge in [-0.3, -0.25) is 4.79 Å². The standard InChI is InChI=1S/C19H18N4OS/c1-12-7-8-23-11-15(21-17(23)9-12)18(24)22-19-14(10-20)13-5-3-2-4-6-16(13)25-19/h7-9,11H,2-6H2,1H3,(H,22,24). The first kappa shape index (κ1) is 15.9. The van der Waals surface area contributed by atoms with Crippen LogP contribution in [0.5, 0.6) is 0 Å². The highest BCUT2D eigenvalue weighted by Gasteiger charge is 2.22. The molecule has 1 amide bonds. The molecule has 0 saturated carbocycles. The van der Waals surface area contributed by atoms with Crippen molar-refractivity contribution in [3.8, 4) is 6.07 Å². The zero-order valence-corrected chi connectivity index (χ0v) is 14.8. The number of thiophene rings is 1. The topological polar surface area (TPSA) is 70.2 Å². The summed E-state index contributed by atoms with van der Waals surface area (Å²) in [4.78, 5) is 18.3. The molecular weight excluding hydrogens is 332 g/mol. The molecule has 0 bridgehead atoms. The minimum atomic E-state index is -0.269. The van der Waals surface area contributed by atoms with E-state index in [9.17, 15) is 10.1 Å². The third-order valence-electron chi connectivity index (χ3n) is 4.61. The molecule has 1 N–H and O–H groups in total. The molecule has 1 aliphatic rings. The fourth-order valence-electron chi connectivity index (χ4n) is 3.31. The molecule has 0 saturated heterocycles. The van der Waals surface area contributed by atoms with Gasteiger partial charge in [-0.15, -0.1) is 11.3 Å². The van der Waals surface area contributed by atoms with E-state index >= 15 is 0 Å². The van der Waals surface area contributed by atoms with Gasteiger partial charge in [0.15, 0.2) is 0 Å². The minimum Gasteiger partial charge on any atom is -0.311 e. The number of nitriles is 1. The number of rotatable bonds is 2. The number of anilines is 1. The van der Waals surface area contributed by atoms with E-state index in [1.165, 1.54) is 11.3 Å². The van der Waals surface area contributed by atoms with Gasteiger partial charge in [0, 0.05) is 17.3 Å². The van der Waals surface area contributed by atoms with Crippen molar-refractivity contribution in [1.29, 1.82) is 5.26 Å². The Bertz CT molecular complexity index is 1010. The number of aromatic nitrogens is 2. The van der Waals surface area contributed by atoms with Gasteiger partial charge in [-0.1, -0.05) is 6.42 Å². The van der Waals surface area contributed by atoms with Crippen LogP contribution in [0.4, 0.5) is 5.00 Å². The van der Waals surface area contributed by atoms with E-state index in [2.05, 4.69) is 16.4 Å². The number of carbonyl (C=O) groups is 1. The van der Waals surface area contributed by atoms with Crippen LogP contribution in [-0.2, 0) is 12.8 Å². The number of nitrogens with zero attached hydrogens (tertiary/aromatic N) is 3. The molecule has 1 aliphatic carbocycles. The molecule has 0 aliphatic heterocycles. The van der Waals surface area contributed by atoms with Crippen LogP contribution in [0.15, 0.2) is 24.5 Å². The molecule has 3 heterocycles. The maximum absolute atomic E-state index is 12.6. The molecule has 126 valence electrons. The highest BCUT2D eigenvalue weighted by atomic mass is 32.1. The molecule has 3 aromatic heterocycles. The number of amides is 1. The average Bonchev–Trinajstić information content (AvgIpc) is 3.08. The molecule has 3 aromatic rings. The molecule has 5 nitrogen and oxygen atoms in total. The summed E-state index contributed by atoms with van der Waals surface area (Å²) in [5, 5.41) is 13.1. The number of fused-ring (bicyclic) bond motifs is 2. The Morgan fingerprint density at radius 1 is 1.36 bits per heavy atom. The van der Waals surface area contributed by atoms with Crippen LogP contribution in [0, 0.1) is 18.3 Å². The maximum atomic E-state index is 12.6. The van der Waals surface area contributed by atoms with Gasteiger partial charge in [0.25, 0.3) is 5.91 Å². The van der Waals surface area contributed by atoms with Gasteiger partial charge < -0.3 is 9.72 Å². The second kappa shape index (κ2) is 6.34. The second-order valence-electron chi connectivity index (χ2n) is 6.43. The monoisotopic (exact) mass is 350 g/mol. The first-order valence-electron chi connectivity index (χ1n) is 8.47. The summed E-state index contributed by atoms with van der Waals surface area (Å²) < 4.78 is 1.83. The van der Waals surface area contributed by atoms with Crippen molar-refractivity contribution in [2.45, 2.75) is 39.0 Å². The first-order valence-corrected chi connectivity index (χ1v) is 9.28. The van der Waals surface area contributed by atoms with E-state index in [1.54, 1.807) is 17.5 Å². The molecule has 0 unspecified atom stereocenters. The third kappa shape index (κ3) is 2.92. The Kier molecular flexibility index (Phi) is 4.02. The molecule has 0 fully saturated rings. The lowest BCUT2D eigenvalue weighted by molar-refractivity contribution is 0.102. The quantitative estimate of drug-likeness (QED) is 0.708. The zero-order chi connectivity index (χ0) is 17.4. The fourth-order valence-corrected chi connectivity index (χ4v) is 4.54. The lowest BCUT2D eigenvalue weighted by Crippen LogP contribution is -2.12. The highest BCUT2D eigenvalue weighted by molar-refractivity contribution is 7.16. The predicted octanol–water partition coefficient (Wildman–Crippen LogP) is 4.10. The van der Waals surface area contributed by atoms with Gasteiger partial charge in [0.05, 0.1) is 5.56 Å². The van der Waals surface area contributed by atoms with E-state index < -0.39 is 0 Å². The van der Waals surface area contributed by atoms with E-state index in [0.29, 0.717) is 16.3 Å². The van der Waals surface area contributed by atoms with Crippen molar-refractivity contribution in [1.82, 2.24) is 9.38 Å². The molecular formula is C19H18N4OS. The van der Waals surface area contributed by atoms with Crippen molar-refractivity contribution in [3.05, 3.63) is 51.8 Å². The van der Waals surface area contributed by atoms with E-state index in [0.717, 1.165) is 42.5 Å². The summed E-state index contributed by atoms with van der Waals surface area (Å²) in [6.07, 6.45) is 9.00. The Balaban J connectivity index is 1.65. The van der Waals surface area contributed by atoms with E-state index in [1.807, 2.05) is 29.7 Å². The molecule has 0 aromatic carbocycles. The summed E-state index contributed by atoms with van der Waals surface area (Å²) in [6, 6.07) is 6.20. The van der Waals surface area contributed by atoms with Crippen molar-refractivity contribution >= 4 is 27.9 Å². The number of carbonyl (C=O) groups excluding carboxylic acids is 1. The molecule has 0 radical (unpaired) electrons. The van der Waals surface area contributed by atoms with Gasteiger partial charge in [-0.2, -0.15) is 5.26 Å². The summed E-state index contributed by atoms with van der Waals surface area (Å²) in [5.74, 6) is -0.269. The Labute approximate surface area is 149 Å². The number of pyridine rings is 1. The van der Waals surface area contributed by atoms with Gasteiger partial charge >= 0.3 is 0 Å². The van der Waals surface area contributed by atoms with Crippen LogP contribution < -0.4 is 5.32 Å². The van der Waals surface area contributed by atoms with Crippen molar-refractivity contribution in [2.24, 2.45) is 0 Å². The second-order valence-corrected chi connectivity index (χ2v) is 7.54. The van der Waals surface area contributed by atoms with Crippen molar-refractivity contribution in [3.63, 3.8) is 0 Å². The van der Waals surface area contributed by atoms with Crippen LogP contribution in [-0.4, -0.2) is 15.3 Å². The van der Waals surface area contributed by atoms with Crippen LogP contribution >= 0.6 is 11.3 Å². The maximum Gasteiger partial charge on any atom is 0.276 e. The normalized spacial score (nSPS) is 13.9. The first-order chi connectivity index (χ1) is 12.2. The van der Waals surface area contributed by atoms with Gasteiger partial charge in [-0.25, -0.2) is 4.98 Å². The minimum absolute atomic E-state index is 0.269. The molecule has 4 rings (SSSR count). The SMILES string of the molecule is Cc1ccn2cc(C(=O)Nc3sc4c(c3C#N)CCCCC4)nc2c1. The fraction of sp³-hybridized carbons (Fsp3) is 0.316. The summed E-state index contributed by atoms with van der Waals surface area (Å²) in [7, 11) is 0. The van der Waals surface area contributed by atoms with Gasteiger partial charge in [0.1, 0.15) is 22.4 Å². The number of nitrogens with one attached hydrogen (secondary N) is 1. The van der Waals surface area contributed by atoms with Crippen molar-refractivity contribution in [2.75, 3.05) is 5.32 Å². The number of hydrogen-bond acceptors (Lipinski definition) is 4. The van der Waals surface area contributed by atoms with Crippen LogP contribution in [0.1, 0.15) is 51.3 Å². The molecule has 25 heavy (non-hydrogen) atoms. The number of hydrogen-bond donors (Lipinski definition) is 1. The van der Waals surface area contributed by atoms with Crippen LogP contribution in [0.3, 0.4) is 0 Å².